The van der Waals surface area contributed by atoms with Crippen molar-refractivity contribution in [2.45, 2.75) is 65.8 Å². The molecule has 0 bridgehead atoms. The highest BCUT2D eigenvalue weighted by molar-refractivity contribution is 9.10. The highest BCUT2D eigenvalue weighted by atomic mass is 79.9. The quantitative estimate of drug-likeness (QED) is 0.620. The van der Waals surface area contributed by atoms with Crippen LogP contribution in [0.3, 0.4) is 0 Å². The van der Waals surface area contributed by atoms with Crippen LogP contribution in [-0.4, -0.2) is 12.1 Å². The second-order valence-corrected chi connectivity index (χ2v) is 8.57. The SMILES string of the molecule is CC(C)CCCC(CNC(C)(C)C)Cc1cccc(Br)c1. The molecule has 1 N–H and O–H groups in total. The number of hydrogen-bond donors (Lipinski definition) is 1. The van der Waals surface area contributed by atoms with Gasteiger partial charge < -0.3 is 5.32 Å². The number of hydrogen-bond acceptors (Lipinski definition) is 1. The van der Waals surface area contributed by atoms with Gasteiger partial charge in [-0.25, -0.2) is 0 Å². The predicted molar refractivity (Wildman–Crippen MR) is 97.8 cm³/mol. The molecule has 1 unspecified atom stereocenters. The van der Waals surface area contributed by atoms with E-state index in [-0.39, 0.29) is 5.54 Å². The summed E-state index contributed by atoms with van der Waals surface area (Å²) >= 11 is 3.58. The summed E-state index contributed by atoms with van der Waals surface area (Å²) in [4.78, 5) is 0. The Hall–Kier alpha value is -0.340. The molecule has 2 heteroatoms. The van der Waals surface area contributed by atoms with Crippen LogP contribution in [0.2, 0.25) is 0 Å². The average Bonchev–Trinajstić information content (AvgIpc) is 2.34. The van der Waals surface area contributed by atoms with Crippen molar-refractivity contribution in [2.75, 3.05) is 6.54 Å². The van der Waals surface area contributed by atoms with Crippen molar-refractivity contribution >= 4 is 15.9 Å². The summed E-state index contributed by atoms with van der Waals surface area (Å²) in [7, 11) is 0. The lowest BCUT2D eigenvalue weighted by Gasteiger charge is -2.26. The summed E-state index contributed by atoms with van der Waals surface area (Å²) in [6.45, 7) is 12.5. The fourth-order valence-electron chi connectivity index (χ4n) is 2.54. The Morgan fingerprint density at radius 1 is 1.14 bits per heavy atom. The van der Waals surface area contributed by atoms with Crippen molar-refractivity contribution in [3.05, 3.63) is 34.3 Å². The van der Waals surface area contributed by atoms with Crippen molar-refractivity contribution in [1.29, 1.82) is 0 Å². The van der Waals surface area contributed by atoms with Gasteiger partial charge in [0.1, 0.15) is 0 Å². The van der Waals surface area contributed by atoms with E-state index in [1.165, 1.54) is 35.7 Å². The molecule has 0 fully saturated rings. The van der Waals surface area contributed by atoms with E-state index in [0.717, 1.165) is 18.4 Å². The van der Waals surface area contributed by atoms with E-state index in [1.54, 1.807) is 0 Å². The Bertz CT molecular complexity index is 406. The second-order valence-electron chi connectivity index (χ2n) is 7.66. The summed E-state index contributed by atoms with van der Waals surface area (Å²) in [5.41, 5.74) is 1.64. The standard InChI is InChI=1S/C19H32BrN/c1-15(2)8-6-10-17(14-21-19(3,4)5)12-16-9-7-11-18(20)13-16/h7,9,11,13,15,17,21H,6,8,10,12,14H2,1-5H3. The first-order valence-corrected chi connectivity index (χ1v) is 9.05. The molecule has 120 valence electrons. The minimum atomic E-state index is 0.202. The number of halogens is 1. The first-order valence-electron chi connectivity index (χ1n) is 8.26. The fraction of sp³-hybridized carbons (Fsp3) is 0.684. The summed E-state index contributed by atoms with van der Waals surface area (Å²) < 4.78 is 1.18. The molecule has 0 radical (unpaired) electrons. The van der Waals surface area contributed by atoms with Crippen molar-refractivity contribution < 1.29 is 0 Å². The predicted octanol–water partition coefficient (Wildman–Crippen LogP) is 5.82. The van der Waals surface area contributed by atoms with Crippen LogP contribution in [0.4, 0.5) is 0 Å². The summed E-state index contributed by atoms with van der Waals surface area (Å²) in [5, 5.41) is 3.68. The third-order valence-electron chi connectivity index (χ3n) is 3.73. The molecular weight excluding hydrogens is 322 g/mol. The molecule has 0 amide bonds. The molecule has 0 heterocycles. The van der Waals surface area contributed by atoms with E-state index in [4.69, 9.17) is 0 Å². The van der Waals surface area contributed by atoms with Crippen molar-refractivity contribution in [2.24, 2.45) is 11.8 Å². The van der Waals surface area contributed by atoms with E-state index in [2.05, 4.69) is 80.1 Å². The molecule has 1 aromatic carbocycles. The van der Waals surface area contributed by atoms with Gasteiger partial charge in [0.15, 0.2) is 0 Å². The molecule has 0 spiro atoms. The highest BCUT2D eigenvalue weighted by Gasteiger charge is 2.15. The Balaban J connectivity index is 2.57. The molecule has 21 heavy (non-hydrogen) atoms. The van der Waals surface area contributed by atoms with Gasteiger partial charge in [-0.1, -0.05) is 54.8 Å². The first kappa shape index (κ1) is 18.7. The number of rotatable bonds is 8. The Morgan fingerprint density at radius 3 is 2.43 bits per heavy atom. The topological polar surface area (TPSA) is 12.0 Å². The molecule has 0 aromatic heterocycles. The van der Waals surface area contributed by atoms with E-state index in [0.29, 0.717) is 0 Å². The van der Waals surface area contributed by atoms with E-state index in [1.807, 2.05) is 0 Å². The highest BCUT2D eigenvalue weighted by Crippen LogP contribution is 2.20. The number of nitrogens with one attached hydrogen (secondary N) is 1. The van der Waals surface area contributed by atoms with Crippen LogP contribution in [0, 0.1) is 11.8 Å². The lowest BCUT2D eigenvalue weighted by atomic mass is 9.91. The smallest absolute Gasteiger partial charge is 0.0177 e. The summed E-state index contributed by atoms with van der Waals surface area (Å²) in [6.07, 6.45) is 5.15. The summed E-state index contributed by atoms with van der Waals surface area (Å²) in [5.74, 6) is 1.53. The van der Waals surface area contributed by atoms with Crippen LogP contribution in [0.5, 0.6) is 0 Å². The van der Waals surface area contributed by atoms with Gasteiger partial charge in [0, 0.05) is 10.0 Å². The molecule has 0 saturated carbocycles. The third kappa shape index (κ3) is 9.31. The Kier molecular flexibility index (Phi) is 7.97. The van der Waals surface area contributed by atoms with E-state index < -0.39 is 0 Å². The zero-order valence-corrected chi connectivity index (χ0v) is 16.0. The molecule has 0 aliphatic carbocycles. The minimum Gasteiger partial charge on any atom is -0.312 e. The van der Waals surface area contributed by atoms with Crippen LogP contribution in [0.1, 0.15) is 59.4 Å². The zero-order valence-electron chi connectivity index (χ0n) is 14.4. The number of benzene rings is 1. The third-order valence-corrected chi connectivity index (χ3v) is 4.22. The average molecular weight is 354 g/mol. The van der Waals surface area contributed by atoms with Crippen LogP contribution in [-0.2, 0) is 6.42 Å². The van der Waals surface area contributed by atoms with Crippen molar-refractivity contribution in [3.63, 3.8) is 0 Å². The maximum absolute atomic E-state index is 3.68. The Labute approximate surface area is 140 Å². The van der Waals surface area contributed by atoms with Gasteiger partial charge in [0.25, 0.3) is 0 Å². The lowest BCUT2D eigenvalue weighted by molar-refractivity contribution is 0.344. The second kappa shape index (κ2) is 8.95. The molecular formula is C19H32BrN. The van der Waals surface area contributed by atoms with Crippen LogP contribution in [0.15, 0.2) is 28.7 Å². The first-order chi connectivity index (χ1) is 9.76. The monoisotopic (exact) mass is 353 g/mol. The maximum Gasteiger partial charge on any atom is 0.0177 e. The summed E-state index contributed by atoms with van der Waals surface area (Å²) in [6, 6.07) is 8.75. The van der Waals surface area contributed by atoms with Gasteiger partial charge in [0.05, 0.1) is 0 Å². The molecule has 0 aliphatic rings. The normalized spacial score (nSPS) is 13.7. The molecule has 1 nitrogen and oxygen atoms in total. The van der Waals surface area contributed by atoms with Gasteiger partial charge in [-0.2, -0.15) is 0 Å². The van der Waals surface area contributed by atoms with Crippen LogP contribution < -0.4 is 5.32 Å². The minimum absolute atomic E-state index is 0.202. The largest absolute Gasteiger partial charge is 0.312 e. The molecule has 1 atom stereocenters. The van der Waals surface area contributed by atoms with Crippen molar-refractivity contribution in [3.8, 4) is 0 Å². The molecule has 0 aliphatic heterocycles. The lowest BCUT2D eigenvalue weighted by Crippen LogP contribution is -2.39. The van der Waals surface area contributed by atoms with Gasteiger partial charge in [-0.05, 0) is 69.7 Å². The van der Waals surface area contributed by atoms with Gasteiger partial charge in [-0.3, -0.25) is 0 Å². The van der Waals surface area contributed by atoms with Crippen LogP contribution >= 0.6 is 15.9 Å². The molecule has 1 aromatic rings. The van der Waals surface area contributed by atoms with Crippen molar-refractivity contribution in [1.82, 2.24) is 5.32 Å². The maximum atomic E-state index is 3.68. The molecule has 1 rings (SSSR count). The van der Waals surface area contributed by atoms with Gasteiger partial charge in [0.2, 0.25) is 0 Å². The molecule has 0 saturated heterocycles. The zero-order chi connectivity index (χ0) is 15.9. The fourth-order valence-corrected chi connectivity index (χ4v) is 2.99. The van der Waals surface area contributed by atoms with Gasteiger partial charge >= 0.3 is 0 Å². The van der Waals surface area contributed by atoms with Crippen LogP contribution in [0.25, 0.3) is 0 Å². The Morgan fingerprint density at radius 2 is 1.86 bits per heavy atom. The van der Waals surface area contributed by atoms with E-state index >= 15 is 0 Å². The van der Waals surface area contributed by atoms with Gasteiger partial charge in [-0.15, -0.1) is 0 Å². The van der Waals surface area contributed by atoms with E-state index in [9.17, 15) is 0 Å².